The summed E-state index contributed by atoms with van der Waals surface area (Å²) in [5, 5.41) is 20.1. The van der Waals surface area contributed by atoms with Gasteiger partial charge in [-0.1, -0.05) is 24.3 Å². The van der Waals surface area contributed by atoms with Crippen molar-refractivity contribution >= 4 is 38.3 Å². The van der Waals surface area contributed by atoms with E-state index in [9.17, 15) is 9.90 Å². The second-order valence-corrected chi connectivity index (χ2v) is 5.69. The van der Waals surface area contributed by atoms with Crippen LogP contribution in [0.4, 0.5) is 0 Å². The highest BCUT2D eigenvalue weighted by Crippen LogP contribution is 2.38. The molecule has 3 rings (SSSR count). The molecule has 6 heteroatoms. The average molecular weight is 280 g/mol. The highest BCUT2D eigenvalue weighted by Gasteiger charge is 2.24. The van der Waals surface area contributed by atoms with E-state index in [2.05, 4.69) is 0 Å². The van der Waals surface area contributed by atoms with E-state index in [1.807, 2.05) is 40.0 Å². The number of aliphatic hydroxyl groups excluding tert-OH is 1. The molecule has 21 heavy (non-hydrogen) atoms. The van der Waals surface area contributed by atoms with Crippen LogP contribution in [0.15, 0.2) is 30.3 Å². The van der Waals surface area contributed by atoms with Crippen molar-refractivity contribution in [2.75, 3.05) is 6.61 Å². The number of Topliss-reactive ketones (excluding diaryl/α,β-unsaturated/α-hetero) is 1. The van der Waals surface area contributed by atoms with Crippen LogP contribution in [0, 0.1) is 0 Å². The monoisotopic (exact) mass is 280 g/mol. The molecule has 0 saturated heterocycles. The molecule has 0 spiro atoms. The quantitative estimate of drug-likeness (QED) is 0.602. The van der Waals surface area contributed by atoms with Gasteiger partial charge in [-0.2, -0.15) is 0 Å². The number of carbonyl (C=O) groups excluding carboxylic acids is 1. The highest BCUT2D eigenvalue weighted by atomic mass is 16.5. The molecule has 1 aliphatic rings. The van der Waals surface area contributed by atoms with E-state index in [0.29, 0.717) is 5.75 Å². The molecule has 1 aliphatic heterocycles. The summed E-state index contributed by atoms with van der Waals surface area (Å²) in [4.78, 5) is 11.6. The lowest BCUT2D eigenvalue weighted by molar-refractivity contribution is 0.0901. The summed E-state index contributed by atoms with van der Waals surface area (Å²) in [5.74, 6) is 0.0393. The first-order valence-electron chi connectivity index (χ1n) is 6.73. The lowest BCUT2D eigenvalue weighted by atomic mass is 9.64. The first kappa shape index (κ1) is 13.8. The van der Waals surface area contributed by atoms with Gasteiger partial charge in [0.1, 0.15) is 18.1 Å². The van der Waals surface area contributed by atoms with E-state index >= 15 is 0 Å². The molecule has 2 N–H and O–H groups in total. The molecule has 0 aromatic heterocycles. The number of benzene rings is 2. The number of hydrogen-bond donors (Lipinski definition) is 2. The van der Waals surface area contributed by atoms with Crippen molar-refractivity contribution < 1.29 is 19.7 Å². The van der Waals surface area contributed by atoms with Crippen LogP contribution in [0.1, 0.15) is 15.9 Å². The van der Waals surface area contributed by atoms with Crippen molar-refractivity contribution in [2.24, 2.45) is 0 Å². The van der Waals surface area contributed by atoms with Crippen LogP contribution in [0.3, 0.4) is 0 Å². The van der Waals surface area contributed by atoms with Gasteiger partial charge >= 0.3 is 0 Å². The van der Waals surface area contributed by atoms with Gasteiger partial charge in [-0.3, -0.25) is 4.79 Å². The van der Waals surface area contributed by atoms with Gasteiger partial charge in [0.15, 0.2) is 21.5 Å². The van der Waals surface area contributed by atoms with E-state index in [1.54, 1.807) is 6.07 Å². The van der Waals surface area contributed by atoms with E-state index in [0.717, 1.165) is 16.3 Å². The number of phenols is 1. The molecule has 0 saturated carbocycles. The lowest BCUT2D eigenvalue weighted by Crippen LogP contribution is -2.36. The summed E-state index contributed by atoms with van der Waals surface area (Å²) >= 11 is 0. The topological polar surface area (TPSA) is 66.8 Å². The maximum absolute atomic E-state index is 11.6. The van der Waals surface area contributed by atoms with Crippen LogP contribution in [0.2, 0.25) is 0 Å². The number of aliphatic hydroxyl groups is 1. The van der Waals surface area contributed by atoms with Crippen LogP contribution < -0.4 is 4.74 Å². The van der Waals surface area contributed by atoms with Gasteiger partial charge in [0.05, 0.1) is 11.0 Å². The first-order valence-corrected chi connectivity index (χ1v) is 6.73. The number of fused-ring (bicyclic) bond motifs is 3. The Balaban J connectivity index is 2.25. The molecule has 2 aromatic rings. The molecule has 0 radical (unpaired) electrons. The molecule has 0 fully saturated rings. The molecule has 0 bridgehead atoms. The molecule has 4 nitrogen and oxygen atoms in total. The van der Waals surface area contributed by atoms with Gasteiger partial charge in [-0.15, -0.1) is 0 Å². The molecule has 104 valence electrons. The predicted octanol–water partition coefficient (Wildman–Crippen LogP) is 0.0460. The Morgan fingerprint density at radius 2 is 2.05 bits per heavy atom. The number of rotatable bonds is 2. The van der Waals surface area contributed by atoms with E-state index in [1.165, 1.54) is 6.07 Å². The zero-order chi connectivity index (χ0) is 15.2. The number of aromatic hydroxyl groups is 1. The van der Waals surface area contributed by atoms with Crippen LogP contribution >= 0.6 is 0 Å². The molecular weight excluding hydrogens is 266 g/mol. The molecule has 2 aromatic carbocycles. The Bertz CT molecular complexity index is 781. The second kappa shape index (κ2) is 4.67. The molecule has 1 heterocycles. The Morgan fingerprint density at radius 3 is 2.76 bits per heavy atom. The summed E-state index contributed by atoms with van der Waals surface area (Å²) in [6, 6.07) is 6.88. The number of phenolic OH excluding ortho intramolecular Hbond substituents is 1. The highest BCUT2D eigenvalue weighted by molar-refractivity contribution is 6.41. The van der Waals surface area contributed by atoms with Gasteiger partial charge in [0.25, 0.3) is 0 Å². The summed E-state index contributed by atoms with van der Waals surface area (Å²) in [6.45, 7) is -0.629. The van der Waals surface area contributed by atoms with Crippen LogP contribution in [0.5, 0.6) is 11.5 Å². The predicted molar refractivity (Wildman–Crippen MR) is 86.5 cm³/mol. The van der Waals surface area contributed by atoms with Gasteiger partial charge in [0.2, 0.25) is 0 Å². The minimum Gasteiger partial charge on any atom is -0.507 e. The molecule has 0 unspecified atom stereocenters. The number of ketones is 1. The summed E-state index contributed by atoms with van der Waals surface area (Å²) in [6.07, 6.45) is 3.97. The Morgan fingerprint density at radius 1 is 1.29 bits per heavy atom. The lowest BCUT2D eigenvalue weighted by Gasteiger charge is -2.29. The van der Waals surface area contributed by atoms with Gasteiger partial charge in [-0.05, 0) is 17.5 Å². The largest absolute Gasteiger partial charge is 0.507 e. The summed E-state index contributed by atoms with van der Waals surface area (Å²) in [5.41, 5.74) is 1.05. The number of hydrogen-bond acceptors (Lipinski definition) is 4. The Kier molecular flexibility index (Phi) is 3.06. The van der Waals surface area contributed by atoms with Crippen molar-refractivity contribution in [1.82, 2.24) is 0 Å². The normalized spacial score (nSPS) is 15.5. The van der Waals surface area contributed by atoms with E-state index in [4.69, 9.17) is 9.84 Å². The van der Waals surface area contributed by atoms with Crippen LogP contribution in [-0.4, -0.2) is 43.7 Å². The fourth-order valence-corrected chi connectivity index (χ4v) is 2.49. The number of carbonyl (C=O) groups is 1. The molecular formula is C15H14B2O4. The summed E-state index contributed by atoms with van der Waals surface area (Å²) < 4.78 is 5.98. The maximum atomic E-state index is 11.6. The Labute approximate surface area is 123 Å². The molecule has 0 aliphatic carbocycles. The fourth-order valence-electron chi connectivity index (χ4n) is 2.49. The van der Waals surface area contributed by atoms with Gasteiger partial charge in [0, 0.05) is 10.9 Å². The number of ether oxygens (including phenoxy) is 1. The molecule has 0 amide bonds. The zero-order valence-electron chi connectivity index (χ0n) is 11.9. The van der Waals surface area contributed by atoms with Crippen molar-refractivity contribution in [3.8, 4) is 11.5 Å². The maximum Gasteiger partial charge on any atom is 0.191 e. The van der Waals surface area contributed by atoms with Gasteiger partial charge in [-0.25, -0.2) is 0 Å². The fraction of sp³-hybridized carbons (Fsp3) is 0.133. The smallest absolute Gasteiger partial charge is 0.191 e. The van der Waals surface area contributed by atoms with Gasteiger partial charge < -0.3 is 14.9 Å². The van der Waals surface area contributed by atoms with E-state index < -0.39 is 17.8 Å². The summed E-state index contributed by atoms with van der Waals surface area (Å²) in [7, 11) is 3.91. The third-order valence-electron chi connectivity index (χ3n) is 3.59. The second-order valence-electron chi connectivity index (χ2n) is 5.69. The third-order valence-corrected chi connectivity index (χ3v) is 3.59. The third kappa shape index (κ3) is 2.32. The SMILES string of the molecule is BC1(B)C=Cc2ccc3cc(C(=O)CO)c(O)cc3c2O1. The van der Waals surface area contributed by atoms with Crippen molar-refractivity contribution in [3.63, 3.8) is 0 Å². The van der Waals surface area contributed by atoms with Crippen LogP contribution in [0.25, 0.3) is 16.8 Å². The first-order chi connectivity index (χ1) is 9.91. The van der Waals surface area contributed by atoms with Crippen molar-refractivity contribution in [1.29, 1.82) is 0 Å². The minimum absolute atomic E-state index is 0.121. The minimum atomic E-state index is -0.629. The average Bonchev–Trinajstić information content (AvgIpc) is 2.45. The zero-order valence-corrected chi connectivity index (χ0v) is 11.9. The van der Waals surface area contributed by atoms with Crippen molar-refractivity contribution in [2.45, 2.75) is 5.40 Å². The van der Waals surface area contributed by atoms with E-state index in [-0.39, 0.29) is 11.3 Å². The van der Waals surface area contributed by atoms with Crippen LogP contribution in [-0.2, 0) is 0 Å². The standard InChI is InChI=1S/C15H14B2O4/c16-15(17)4-3-8-1-2-9-5-11(13(20)7-18)12(19)6-10(9)14(8)21-15/h1-6,18-19H,7,16-17H2. The Hall–Kier alpha value is -2.20. The molecule has 0 atom stereocenters. The van der Waals surface area contributed by atoms with Crippen molar-refractivity contribution in [3.05, 3.63) is 41.5 Å².